The molecular weight excluding hydrogens is 389 g/mol. The maximum Gasteiger partial charge on any atom is 0.416 e. The fraction of sp³-hybridized carbons (Fsp3) is 0.294. The summed E-state index contributed by atoms with van der Waals surface area (Å²) >= 11 is 0. The van der Waals surface area contributed by atoms with Crippen molar-refractivity contribution in [2.75, 3.05) is 13.1 Å². The first kappa shape index (κ1) is 20.7. The first-order chi connectivity index (χ1) is 11.7. The molecule has 1 saturated heterocycles. The molecule has 1 heterocycles. The van der Waals surface area contributed by atoms with Crippen LogP contribution in [0.15, 0.2) is 59.5 Å². The van der Waals surface area contributed by atoms with Crippen molar-refractivity contribution in [3.63, 3.8) is 0 Å². The summed E-state index contributed by atoms with van der Waals surface area (Å²) in [6.45, 7) is 0.210. The van der Waals surface area contributed by atoms with Crippen molar-refractivity contribution in [1.29, 1.82) is 0 Å². The van der Waals surface area contributed by atoms with Gasteiger partial charge < -0.3 is 5.73 Å². The van der Waals surface area contributed by atoms with E-state index in [1.807, 2.05) is 30.3 Å². The van der Waals surface area contributed by atoms with Crippen LogP contribution in [0.5, 0.6) is 0 Å². The van der Waals surface area contributed by atoms with E-state index < -0.39 is 27.8 Å². The summed E-state index contributed by atoms with van der Waals surface area (Å²) in [5.41, 5.74) is 6.01. The number of benzene rings is 2. The number of hydrogen-bond acceptors (Lipinski definition) is 3. The highest BCUT2D eigenvalue weighted by Crippen LogP contribution is 2.33. The van der Waals surface area contributed by atoms with Crippen molar-refractivity contribution in [2.45, 2.75) is 23.0 Å². The molecule has 0 bridgehead atoms. The lowest BCUT2D eigenvalue weighted by Crippen LogP contribution is -2.32. The quantitative estimate of drug-likeness (QED) is 0.851. The normalized spacial score (nSPS) is 21.4. The van der Waals surface area contributed by atoms with Crippen LogP contribution in [0.2, 0.25) is 0 Å². The van der Waals surface area contributed by atoms with Gasteiger partial charge in [0, 0.05) is 25.0 Å². The van der Waals surface area contributed by atoms with Gasteiger partial charge >= 0.3 is 6.18 Å². The molecule has 0 spiro atoms. The topological polar surface area (TPSA) is 63.4 Å². The molecule has 1 aliphatic rings. The summed E-state index contributed by atoms with van der Waals surface area (Å²) in [6.07, 6.45) is -4.60. The summed E-state index contributed by atoms with van der Waals surface area (Å²) < 4.78 is 65.2. The van der Waals surface area contributed by atoms with Crippen LogP contribution < -0.4 is 5.73 Å². The van der Waals surface area contributed by atoms with Crippen molar-refractivity contribution in [3.8, 4) is 0 Å². The van der Waals surface area contributed by atoms with Crippen molar-refractivity contribution >= 4 is 22.4 Å². The van der Waals surface area contributed by atoms with Crippen LogP contribution in [0.1, 0.15) is 17.0 Å². The molecule has 3 rings (SSSR count). The Bertz CT molecular complexity index is 860. The predicted octanol–water partition coefficient (Wildman–Crippen LogP) is 3.24. The number of rotatable bonds is 3. The molecular formula is C17H18ClF3N2O2S. The zero-order valence-electron chi connectivity index (χ0n) is 13.6. The van der Waals surface area contributed by atoms with Gasteiger partial charge in [0.15, 0.2) is 0 Å². The van der Waals surface area contributed by atoms with Gasteiger partial charge in [0.25, 0.3) is 0 Å². The Balaban J connectivity index is 0.00000243. The lowest BCUT2D eigenvalue weighted by atomic mass is 9.95. The van der Waals surface area contributed by atoms with Gasteiger partial charge in [-0.15, -0.1) is 12.4 Å². The summed E-state index contributed by atoms with van der Waals surface area (Å²) in [5.74, 6) is -0.193. The van der Waals surface area contributed by atoms with E-state index in [0.29, 0.717) is 6.07 Å². The lowest BCUT2D eigenvalue weighted by molar-refractivity contribution is -0.137. The third-order valence-corrected chi connectivity index (χ3v) is 6.19. The fourth-order valence-corrected chi connectivity index (χ4v) is 4.57. The van der Waals surface area contributed by atoms with Gasteiger partial charge in [0.2, 0.25) is 10.0 Å². The van der Waals surface area contributed by atoms with E-state index >= 15 is 0 Å². The van der Waals surface area contributed by atoms with E-state index in [9.17, 15) is 21.6 Å². The average molecular weight is 407 g/mol. The number of nitrogens with two attached hydrogens (primary N) is 1. The number of alkyl halides is 3. The van der Waals surface area contributed by atoms with Gasteiger partial charge in [-0.3, -0.25) is 0 Å². The van der Waals surface area contributed by atoms with Crippen LogP contribution in [0.4, 0.5) is 13.2 Å². The second-order valence-corrected chi connectivity index (χ2v) is 7.97. The molecule has 0 radical (unpaired) electrons. The predicted molar refractivity (Wildman–Crippen MR) is 94.6 cm³/mol. The number of sulfonamides is 1. The van der Waals surface area contributed by atoms with E-state index in [1.54, 1.807) is 0 Å². The Kier molecular flexibility index (Phi) is 6.02. The maximum absolute atomic E-state index is 12.9. The first-order valence-corrected chi connectivity index (χ1v) is 9.11. The Hall–Kier alpha value is -1.61. The zero-order chi connectivity index (χ0) is 18.2. The molecule has 142 valence electrons. The summed E-state index contributed by atoms with van der Waals surface area (Å²) in [5, 5.41) is 0. The van der Waals surface area contributed by atoms with Crippen LogP contribution in [0, 0.1) is 0 Å². The summed E-state index contributed by atoms with van der Waals surface area (Å²) in [6, 6.07) is 12.6. The van der Waals surface area contributed by atoms with Crippen LogP contribution in [-0.4, -0.2) is 31.9 Å². The highest BCUT2D eigenvalue weighted by Gasteiger charge is 2.39. The minimum absolute atomic E-state index is 0. The maximum atomic E-state index is 12.9. The minimum atomic E-state index is -4.60. The van der Waals surface area contributed by atoms with Gasteiger partial charge in [-0.2, -0.15) is 17.5 Å². The van der Waals surface area contributed by atoms with Crippen LogP contribution >= 0.6 is 12.4 Å². The molecule has 2 aromatic rings. The Morgan fingerprint density at radius 3 is 2.27 bits per heavy atom. The van der Waals surface area contributed by atoms with Crippen molar-refractivity contribution in [3.05, 3.63) is 65.7 Å². The third kappa shape index (κ3) is 4.03. The standard InChI is InChI=1S/C17H17F3N2O2S.ClH/c18-17(19,20)13-7-4-8-14(9-13)25(23,24)22-10-15(16(21)11-22)12-5-2-1-3-6-12;/h1-9,15-16H,10-11,21H2;1H/t15-,16+;/m0./s1. The molecule has 9 heteroatoms. The van der Waals surface area contributed by atoms with Crippen molar-refractivity contribution in [2.24, 2.45) is 5.73 Å². The molecule has 2 atom stereocenters. The van der Waals surface area contributed by atoms with Crippen molar-refractivity contribution < 1.29 is 21.6 Å². The van der Waals surface area contributed by atoms with Crippen LogP contribution in [0.25, 0.3) is 0 Å². The molecule has 2 N–H and O–H groups in total. The first-order valence-electron chi connectivity index (χ1n) is 7.67. The van der Waals surface area contributed by atoms with E-state index in [1.165, 1.54) is 6.07 Å². The zero-order valence-corrected chi connectivity index (χ0v) is 15.2. The van der Waals surface area contributed by atoms with Gasteiger partial charge in [0.1, 0.15) is 0 Å². The molecule has 4 nitrogen and oxygen atoms in total. The lowest BCUT2D eigenvalue weighted by Gasteiger charge is -2.17. The van der Waals surface area contributed by atoms with Crippen LogP contribution in [0.3, 0.4) is 0 Å². The molecule has 26 heavy (non-hydrogen) atoms. The van der Waals surface area contributed by atoms with Gasteiger partial charge in [-0.25, -0.2) is 8.42 Å². The van der Waals surface area contributed by atoms with Gasteiger partial charge in [-0.1, -0.05) is 36.4 Å². The van der Waals surface area contributed by atoms with Gasteiger partial charge in [0.05, 0.1) is 10.5 Å². The second kappa shape index (κ2) is 7.56. The molecule has 0 saturated carbocycles. The fourth-order valence-electron chi connectivity index (χ4n) is 3.02. The highest BCUT2D eigenvalue weighted by atomic mass is 35.5. The molecule has 0 amide bonds. The summed E-state index contributed by atoms with van der Waals surface area (Å²) in [4.78, 5) is -0.372. The van der Waals surface area contributed by atoms with E-state index in [2.05, 4.69) is 0 Å². The minimum Gasteiger partial charge on any atom is -0.326 e. The smallest absolute Gasteiger partial charge is 0.326 e. The third-order valence-electron chi connectivity index (χ3n) is 4.36. The van der Waals surface area contributed by atoms with E-state index in [4.69, 9.17) is 5.73 Å². The summed E-state index contributed by atoms with van der Waals surface area (Å²) in [7, 11) is -4.04. The largest absolute Gasteiger partial charge is 0.416 e. The average Bonchev–Trinajstić information content (AvgIpc) is 2.98. The Labute approximate surface area is 156 Å². The number of halogens is 4. The monoisotopic (exact) mass is 406 g/mol. The Morgan fingerprint density at radius 1 is 1.00 bits per heavy atom. The molecule has 2 aromatic carbocycles. The second-order valence-electron chi connectivity index (χ2n) is 6.03. The Morgan fingerprint density at radius 2 is 1.65 bits per heavy atom. The number of hydrogen-bond donors (Lipinski definition) is 1. The molecule has 0 aromatic heterocycles. The molecule has 1 fully saturated rings. The van der Waals surface area contributed by atoms with Crippen LogP contribution in [-0.2, 0) is 16.2 Å². The van der Waals surface area contributed by atoms with Crippen molar-refractivity contribution in [1.82, 2.24) is 4.31 Å². The SMILES string of the molecule is Cl.N[C@@H]1CN(S(=O)(=O)c2cccc(C(F)(F)F)c2)C[C@H]1c1ccccc1. The molecule has 0 aliphatic carbocycles. The van der Waals surface area contributed by atoms with E-state index in [0.717, 1.165) is 22.0 Å². The highest BCUT2D eigenvalue weighted by molar-refractivity contribution is 7.89. The van der Waals surface area contributed by atoms with Gasteiger partial charge in [-0.05, 0) is 23.8 Å². The van der Waals surface area contributed by atoms with E-state index in [-0.39, 0.29) is 36.3 Å². The number of nitrogens with zero attached hydrogens (tertiary/aromatic N) is 1. The molecule has 0 unspecified atom stereocenters. The molecule has 1 aliphatic heterocycles.